The molecule has 2 N–H and O–H groups in total. The van der Waals surface area contributed by atoms with Gasteiger partial charge in [-0.3, -0.25) is 4.79 Å². The van der Waals surface area contributed by atoms with E-state index in [2.05, 4.69) is 15.3 Å². The van der Waals surface area contributed by atoms with Gasteiger partial charge in [0.1, 0.15) is 5.82 Å². The first kappa shape index (κ1) is 19.6. The minimum atomic E-state index is -0.573. The number of benzene rings is 2. The van der Waals surface area contributed by atoms with Crippen molar-refractivity contribution >= 4 is 29.2 Å². The normalized spacial score (nSPS) is 10.6. The maximum Gasteiger partial charge on any atom is 0.338 e. The maximum absolute atomic E-state index is 12.2. The van der Waals surface area contributed by atoms with Gasteiger partial charge < -0.3 is 15.0 Å². The number of H-pyrrole nitrogens is 1. The lowest BCUT2D eigenvalue weighted by Gasteiger charge is -2.09. The van der Waals surface area contributed by atoms with Crippen LogP contribution in [0.1, 0.15) is 27.3 Å². The number of halogens is 1. The molecular formula is C21H20ClN3O3. The van der Waals surface area contributed by atoms with Gasteiger partial charge in [0.2, 0.25) is 0 Å². The van der Waals surface area contributed by atoms with Crippen molar-refractivity contribution in [3.63, 3.8) is 0 Å². The van der Waals surface area contributed by atoms with Gasteiger partial charge in [-0.25, -0.2) is 9.78 Å². The summed E-state index contributed by atoms with van der Waals surface area (Å²) < 4.78 is 5.09. The van der Waals surface area contributed by atoms with Crippen molar-refractivity contribution in [2.45, 2.75) is 20.8 Å². The fourth-order valence-corrected chi connectivity index (χ4v) is 2.75. The summed E-state index contributed by atoms with van der Waals surface area (Å²) in [5.41, 5.74) is 4.60. The predicted octanol–water partition coefficient (Wildman–Crippen LogP) is 4.45. The van der Waals surface area contributed by atoms with Gasteiger partial charge in [-0.1, -0.05) is 29.8 Å². The molecule has 144 valence electrons. The number of carbonyl (C=O) groups is 2. The average molecular weight is 398 g/mol. The second-order valence-corrected chi connectivity index (χ2v) is 6.89. The predicted molar refractivity (Wildman–Crippen MR) is 109 cm³/mol. The van der Waals surface area contributed by atoms with Crippen molar-refractivity contribution in [1.82, 2.24) is 9.97 Å². The number of imidazole rings is 1. The van der Waals surface area contributed by atoms with Crippen molar-refractivity contribution < 1.29 is 14.3 Å². The molecule has 1 aromatic heterocycles. The molecule has 3 aromatic rings. The standard InChI is InChI=1S/C21H20ClN3O3/c1-12-4-9-17(22)10-18(12)25-19(26)11-28-21(27)16-7-5-15(6-8-16)20-23-13(2)14(3)24-20/h4-10H,11H2,1-3H3,(H,23,24)(H,25,26). The van der Waals surface area contributed by atoms with E-state index in [1.165, 1.54) is 0 Å². The van der Waals surface area contributed by atoms with E-state index >= 15 is 0 Å². The Morgan fingerprint density at radius 2 is 1.82 bits per heavy atom. The molecule has 0 aliphatic carbocycles. The lowest BCUT2D eigenvalue weighted by atomic mass is 10.1. The van der Waals surface area contributed by atoms with E-state index < -0.39 is 11.9 Å². The lowest BCUT2D eigenvalue weighted by Crippen LogP contribution is -2.21. The summed E-state index contributed by atoms with van der Waals surface area (Å²) >= 11 is 5.93. The molecule has 7 heteroatoms. The number of hydrogen-bond donors (Lipinski definition) is 2. The highest BCUT2D eigenvalue weighted by Gasteiger charge is 2.12. The van der Waals surface area contributed by atoms with Gasteiger partial charge in [0.25, 0.3) is 5.91 Å². The van der Waals surface area contributed by atoms with Gasteiger partial charge in [-0.2, -0.15) is 0 Å². The van der Waals surface area contributed by atoms with Crippen LogP contribution in [-0.2, 0) is 9.53 Å². The topological polar surface area (TPSA) is 84.1 Å². The third kappa shape index (κ3) is 4.58. The number of rotatable bonds is 5. The number of aryl methyl sites for hydroxylation is 3. The number of nitrogens with zero attached hydrogens (tertiary/aromatic N) is 1. The molecule has 0 aliphatic rings. The van der Waals surface area contributed by atoms with E-state index in [1.807, 2.05) is 20.8 Å². The fourth-order valence-electron chi connectivity index (χ4n) is 2.58. The number of esters is 1. The molecule has 1 heterocycles. The van der Waals surface area contributed by atoms with Gasteiger partial charge in [-0.05, 0) is 50.6 Å². The molecule has 1 amide bonds. The molecule has 0 aliphatic heterocycles. The Labute approximate surface area is 167 Å². The number of aromatic amines is 1. The molecule has 0 saturated heterocycles. The van der Waals surface area contributed by atoms with Crippen molar-refractivity contribution in [2.75, 3.05) is 11.9 Å². The van der Waals surface area contributed by atoms with Crippen molar-refractivity contribution in [1.29, 1.82) is 0 Å². The summed E-state index contributed by atoms with van der Waals surface area (Å²) in [5.74, 6) is -0.264. The third-order valence-electron chi connectivity index (χ3n) is 4.33. The molecule has 0 atom stereocenters. The van der Waals surface area contributed by atoms with Crippen LogP contribution in [0.15, 0.2) is 42.5 Å². The largest absolute Gasteiger partial charge is 0.452 e. The molecule has 0 spiro atoms. The van der Waals surface area contributed by atoms with Crippen LogP contribution >= 0.6 is 11.6 Å². The van der Waals surface area contributed by atoms with Crippen LogP contribution in [0.5, 0.6) is 0 Å². The number of carbonyl (C=O) groups excluding carboxylic acids is 2. The average Bonchev–Trinajstić information content (AvgIpc) is 3.01. The van der Waals surface area contributed by atoms with Crippen molar-refractivity contribution in [3.05, 3.63) is 70.0 Å². The zero-order chi connectivity index (χ0) is 20.3. The molecule has 28 heavy (non-hydrogen) atoms. The van der Waals surface area contributed by atoms with E-state index in [4.69, 9.17) is 16.3 Å². The van der Waals surface area contributed by atoms with E-state index in [0.717, 1.165) is 28.3 Å². The smallest absolute Gasteiger partial charge is 0.338 e. The second-order valence-electron chi connectivity index (χ2n) is 6.46. The first-order chi connectivity index (χ1) is 13.3. The molecular weight excluding hydrogens is 378 g/mol. The molecule has 2 aromatic carbocycles. The maximum atomic E-state index is 12.2. The Kier molecular flexibility index (Phi) is 5.80. The van der Waals surface area contributed by atoms with Crippen molar-refractivity contribution in [2.24, 2.45) is 0 Å². The van der Waals surface area contributed by atoms with Crippen molar-refractivity contribution in [3.8, 4) is 11.4 Å². The van der Waals surface area contributed by atoms with E-state index in [-0.39, 0.29) is 6.61 Å². The summed E-state index contributed by atoms with van der Waals surface area (Å²) in [6, 6.07) is 12.0. The number of aromatic nitrogens is 2. The number of hydrogen-bond acceptors (Lipinski definition) is 4. The zero-order valence-corrected chi connectivity index (χ0v) is 16.6. The van der Waals surface area contributed by atoms with Crippen LogP contribution in [0, 0.1) is 20.8 Å². The highest BCUT2D eigenvalue weighted by molar-refractivity contribution is 6.31. The summed E-state index contributed by atoms with van der Waals surface area (Å²) in [4.78, 5) is 31.8. The second kappa shape index (κ2) is 8.27. The van der Waals surface area contributed by atoms with Crippen LogP contribution in [0.3, 0.4) is 0 Å². The van der Waals surface area contributed by atoms with E-state index in [0.29, 0.717) is 16.3 Å². The van der Waals surface area contributed by atoms with Crippen LogP contribution in [0.4, 0.5) is 5.69 Å². The number of nitrogens with one attached hydrogen (secondary N) is 2. The third-order valence-corrected chi connectivity index (χ3v) is 4.57. The van der Waals surface area contributed by atoms with Gasteiger partial charge >= 0.3 is 5.97 Å². The minimum absolute atomic E-state index is 0.357. The van der Waals surface area contributed by atoms with Gasteiger partial charge in [0, 0.05) is 22.0 Å². The molecule has 3 rings (SSSR count). The summed E-state index contributed by atoms with van der Waals surface area (Å²) in [6.07, 6.45) is 0. The molecule has 0 fully saturated rings. The Balaban J connectivity index is 1.58. The quantitative estimate of drug-likeness (QED) is 0.623. The molecule has 0 unspecified atom stereocenters. The summed E-state index contributed by atoms with van der Waals surface area (Å²) in [6.45, 7) is 5.34. The summed E-state index contributed by atoms with van der Waals surface area (Å²) in [5, 5.41) is 3.20. The van der Waals surface area contributed by atoms with Gasteiger partial charge in [0.05, 0.1) is 11.3 Å². The van der Waals surface area contributed by atoms with E-state index in [1.54, 1.807) is 42.5 Å². The van der Waals surface area contributed by atoms with Crippen LogP contribution in [0.25, 0.3) is 11.4 Å². The highest BCUT2D eigenvalue weighted by Crippen LogP contribution is 2.20. The molecule has 0 bridgehead atoms. The molecule has 0 radical (unpaired) electrons. The molecule has 6 nitrogen and oxygen atoms in total. The first-order valence-corrected chi connectivity index (χ1v) is 9.08. The first-order valence-electron chi connectivity index (χ1n) is 8.70. The minimum Gasteiger partial charge on any atom is -0.452 e. The Hall–Kier alpha value is -3.12. The zero-order valence-electron chi connectivity index (χ0n) is 15.8. The van der Waals surface area contributed by atoms with Crippen LogP contribution < -0.4 is 5.32 Å². The van der Waals surface area contributed by atoms with Gasteiger partial charge in [-0.15, -0.1) is 0 Å². The number of ether oxygens (including phenoxy) is 1. The lowest BCUT2D eigenvalue weighted by molar-refractivity contribution is -0.119. The fraction of sp³-hybridized carbons (Fsp3) is 0.190. The monoisotopic (exact) mass is 397 g/mol. The van der Waals surface area contributed by atoms with Crippen LogP contribution in [0.2, 0.25) is 5.02 Å². The summed E-state index contributed by atoms with van der Waals surface area (Å²) in [7, 11) is 0. The van der Waals surface area contributed by atoms with E-state index in [9.17, 15) is 9.59 Å². The number of amides is 1. The molecule has 0 saturated carbocycles. The Bertz CT molecular complexity index is 1010. The number of anilines is 1. The Morgan fingerprint density at radius 1 is 1.11 bits per heavy atom. The van der Waals surface area contributed by atoms with Crippen LogP contribution in [-0.4, -0.2) is 28.5 Å². The highest BCUT2D eigenvalue weighted by atomic mass is 35.5. The van der Waals surface area contributed by atoms with Gasteiger partial charge in [0.15, 0.2) is 6.61 Å². The Morgan fingerprint density at radius 3 is 2.46 bits per heavy atom. The SMILES string of the molecule is Cc1ccc(Cl)cc1NC(=O)COC(=O)c1ccc(-c2nc(C)c(C)[nH]2)cc1.